The van der Waals surface area contributed by atoms with Gasteiger partial charge in [-0.25, -0.2) is 19.7 Å². The molecule has 0 radical (unpaired) electrons. The highest BCUT2D eigenvalue weighted by molar-refractivity contribution is 6.09. The minimum Gasteiger partial charge on any atom is -0.471 e. The fourth-order valence-corrected chi connectivity index (χ4v) is 4.27. The molecule has 2 amide bonds. The normalized spacial score (nSPS) is 17.1. The van der Waals surface area contributed by atoms with Crippen molar-refractivity contribution in [2.45, 2.75) is 18.9 Å². The zero-order valence-corrected chi connectivity index (χ0v) is 18.0. The molecule has 33 heavy (non-hydrogen) atoms. The van der Waals surface area contributed by atoms with Gasteiger partial charge in [0.1, 0.15) is 23.9 Å². The molecule has 0 unspecified atom stereocenters. The van der Waals surface area contributed by atoms with Crippen molar-refractivity contribution in [3.05, 3.63) is 42.5 Å². The number of carboxylic acid groups (broad SMARTS) is 1. The third kappa shape index (κ3) is 4.38. The predicted octanol–water partition coefficient (Wildman–Crippen LogP) is 2.06. The Kier molecular flexibility index (Phi) is 5.68. The summed E-state index contributed by atoms with van der Waals surface area (Å²) in [5.74, 6) is 1.39. The molecule has 3 N–H and O–H groups in total. The Bertz CT molecular complexity index is 1140. The Morgan fingerprint density at radius 1 is 1.15 bits per heavy atom. The molecule has 0 saturated carbocycles. The molecule has 11 heteroatoms. The molecule has 0 bridgehead atoms. The van der Waals surface area contributed by atoms with E-state index >= 15 is 0 Å². The number of likely N-dealkylation sites (tertiary alicyclic amines) is 2. The van der Waals surface area contributed by atoms with Crippen LogP contribution < -0.4 is 10.1 Å². The van der Waals surface area contributed by atoms with Crippen LogP contribution >= 0.6 is 0 Å². The first kappa shape index (κ1) is 21.0. The van der Waals surface area contributed by atoms with E-state index in [4.69, 9.17) is 9.84 Å². The first-order valence-corrected chi connectivity index (χ1v) is 11.0. The van der Waals surface area contributed by atoms with Gasteiger partial charge in [-0.15, -0.1) is 0 Å². The van der Waals surface area contributed by atoms with Gasteiger partial charge in [-0.3, -0.25) is 4.79 Å². The molecule has 2 aliphatic rings. The van der Waals surface area contributed by atoms with Crippen LogP contribution in [0.25, 0.3) is 11.0 Å². The predicted molar refractivity (Wildman–Crippen MR) is 119 cm³/mol. The molecular weight excluding hydrogens is 426 g/mol. The number of nitrogens with zero attached hydrogens (tertiary/aromatic N) is 5. The van der Waals surface area contributed by atoms with Gasteiger partial charge in [0, 0.05) is 38.1 Å². The molecule has 11 nitrogen and oxygen atoms in total. The highest BCUT2D eigenvalue weighted by Crippen LogP contribution is 2.27. The summed E-state index contributed by atoms with van der Waals surface area (Å²) in [6.07, 6.45) is 5.43. The number of anilines is 1. The van der Waals surface area contributed by atoms with E-state index in [-0.39, 0.29) is 12.0 Å². The van der Waals surface area contributed by atoms with Crippen LogP contribution in [0.2, 0.25) is 0 Å². The summed E-state index contributed by atoms with van der Waals surface area (Å²) < 4.78 is 5.80. The summed E-state index contributed by atoms with van der Waals surface area (Å²) in [7, 11) is 0. The van der Waals surface area contributed by atoms with Crippen molar-refractivity contribution in [2.75, 3.05) is 38.0 Å². The van der Waals surface area contributed by atoms with Crippen LogP contribution in [0.1, 0.15) is 23.2 Å². The number of ether oxygens (including phenoxy) is 1. The van der Waals surface area contributed by atoms with Crippen molar-refractivity contribution in [1.29, 1.82) is 0 Å². The summed E-state index contributed by atoms with van der Waals surface area (Å²) in [5, 5.41) is 13.1. The van der Waals surface area contributed by atoms with Crippen molar-refractivity contribution in [2.24, 2.45) is 5.92 Å². The van der Waals surface area contributed by atoms with E-state index < -0.39 is 6.09 Å². The van der Waals surface area contributed by atoms with Crippen molar-refractivity contribution in [3.8, 4) is 5.88 Å². The van der Waals surface area contributed by atoms with Crippen LogP contribution in [-0.2, 0) is 0 Å². The number of nitrogens with one attached hydrogen (secondary N) is 2. The van der Waals surface area contributed by atoms with Gasteiger partial charge in [-0.1, -0.05) is 6.07 Å². The summed E-state index contributed by atoms with van der Waals surface area (Å²) in [4.78, 5) is 43.3. The van der Waals surface area contributed by atoms with Crippen LogP contribution in [0.5, 0.6) is 5.88 Å². The molecule has 0 aromatic carbocycles. The first-order chi connectivity index (χ1) is 16.1. The maximum absolute atomic E-state index is 13.1. The Morgan fingerprint density at radius 3 is 2.70 bits per heavy atom. The van der Waals surface area contributed by atoms with E-state index in [1.807, 2.05) is 12.1 Å². The van der Waals surface area contributed by atoms with Crippen molar-refractivity contribution < 1.29 is 19.4 Å². The van der Waals surface area contributed by atoms with Crippen molar-refractivity contribution in [3.63, 3.8) is 0 Å². The van der Waals surface area contributed by atoms with Gasteiger partial charge < -0.3 is 29.9 Å². The molecule has 0 spiro atoms. The molecule has 2 fully saturated rings. The van der Waals surface area contributed by atoms with Gasteiger partial charge >= 0.3 is 6.09 Å². The zero-order valence-electron chi connectivity index (χ0n) is 18.0. The molecule has 3 aromatic heterocycles. The van der Waals surface area contributed by atoms with Crippen LogP contribution in [0.15, 0.2) is 36.9 Å². The highest BCUT2D eigenvalue weighted by atomic mass is 16.5. The number of pyridine rings is 1. The van der Waals surface area contributed by atoms with Crippen LogP contribution in [0, 0.1) is 5.92 Å². The topological polar surface area (TPSA) is 137 Å². The van der Waals surface area contributed by atoms with E-state index in [1.165, 1.54) is 11.2 Å². The quantitative estimate of drug-likeness (QED) is 0.518. The smallest absolute Gasteiger partial charge is 0.407 e. The number of hydrogen-bond donors (Lipinski definition) is 3. The number of carbonyl (C=O) groups is 2. The number of aromatic amines is 1. The minimum atomic E-state index is -0.868. The maximum Gasteiger partial charge on any atom is 0.407 e. The van der Waals surface area contributed by atoms with Gasteiger partial charge in [-0.05, 0) is 24.8 Å². The van der Waals surface area contributed by atoms with Gasteiger partial charge in [0.25, 0.3) is 5.91 Å². The number of hydrogen-bond acceptors (Lipinski definition) is 7. The number of H-pyrrole nitrogens is 1. The van der Waals surface area contributed by atoms with E-state index in [0.717, 1.165) is 12.8 Å². The molecule has 3 aromatic rings. The number of piperidine rings is 1. The Labute approximate surface area is 189 Å². The largest absolute Gasteiger partial charge is 0.471 e. The van der Waals surface area contributed by atoms with Gasteiger partial charge in [0.15, 0.2) is 0 Å². The average Bonchev–Trinajstić information content (AvgIpc) is 3.25. The lowest BCUT2D eigenvalue weighted by Gasteiger charge is -2.38. The monoisotopic (exact) mass is 451 g/mol. The minimum absolute atomic E-state index is 0.0837. The number of rotatable bonds is 6. The second kappa shape index (κ2) is 8.93. The van der Waals surface area contributed by atoms with Crippen LogP contribution in [-0.4, -0.2) is 85.7 Å². The molecule has 5 rings (SSSR count). The SMILES string of the molecule is O=C(O)N1CCC(CNc2ncnc3[nH]cc(C(=O)N4CC(Oc5ccccn5)C4)c23)CC1. The summed E-state index contributed by atoms with van der Waals surface area (Å²) in [6.45, 7) is 2.69. The van der Waals surface area contributed by atoms with E-state index in [2.05, 4.69) is 25.3 Å². The fraction of sp³-hybridized carbons (Fsp3) is 0.409. The second-order valence-electron chi connectivity index (χ2n) is 8.36. The Hall–Kier alpha value is -3.89. The lowest BCUT2D eigenvalue weighted by Crippen LogP contribution is -2.56. The third-order valence-corrected chi connectivity index (χ3v) is 6.20. The molecule has 2 saturated heterocycles. The number of aromatic nitrogens is 4. The Balaban J connectivity index is 1.23. The molecule has 172 valence electrons. The van der Waals surface area contributed by atoms with E-state index in [1.54, 1.807) is 23.4 Å². The summed E-state index contributed by atoms with van der Waals surface area (Å²) >= 11 is 0. The Morgan fingerprint density at radius 2 is 1.97 bits per heavy atom. The van der Waals surface area contributed by atoms with Gasteiger partial charge in [-0.2, -0.15) is 0 Å². The molecule has 0 aliphatic carbocycles. The van der Waals surface area contributed by atoms with Crippen molar-refractivity contribution >= 4 is 28.9 Å². The van der Waals surface area contributed by atoms with Gasteiger partial charge in [0.2, 0.25) is 5.88 Å². The molecule has 5 heterocycles. The number of carbonyl (C=O) groups excluding carboxylic acids is 1. The lowest BCUT2D eigenvalue weighted by molar-refractivity contribution is 0.0161. The van der Waals surface area contributed by atoms with Crippen molar-refractivity contribution in [1.82, 2.24) is 29.7 Å². The second-order valence-corrected chi connectivity index (χ2v) is 8.36. The summed E-state index contributed by atoms with van der Waals surface area (Å²) in [6, 6.07) is 5.48. The number of fused-ring (bicyclic) bond motifs is 1. The van der Waals surface area contributed by atoms with E-state index in [0.29, 0.717) is 66.9 Å². The third-order valence-electron chi connectivity index (χ3n) is 6.20. The molecule has 2 aliphatic heterocycles. The van der Waals surface area contributed by atoms with Gasteiger partial charge in [0.05, 0.1) is 24.0 Å². The molecular formula is C22H25N7O4. The highest BCUT2D eigenvalue weighted by Gasteiger charge is 2.34. The van der Waals surface area contributed by atoms with Crippen LogP contribution in [0.3, 0.4) is 0 Å². The lowest BCUT2D eigenvalue weighted by atomic mass is 9.97. The summed E-state index contributed by atoms with van der Waals surface area (Å²) in [5.41, 5.74) is 1.11. The van der Waals surface area contributed by atoms with Crippen LogP contribution in [0.4, 0.5) is 10.6 Å². The zero-order chi connectivity index (χ0) is 22.8. The fourth-order valence-electron chi connectivity index (χ4n) is 4.27. The standard InChI is InChI=1S/C22H25N7O4/c30-21(29-11-15(12-29)33-17-3-1-2-6-23-17)16-10-25-20-18(16)19(26-13-27-20)24-9-14-4-7-28(8-5-14)22(31)32/h1-3,6,10,13-15H,4-5,7-9,11-12H2,(H,31,32)(H2,24,25,26,27). The van der Waals surface area contributed by atoms with E-state index in [9.17, 15) is 9.59 Å². The molecule has 0 atom stereocenters. The maximum atomic E-state index is 13.1. The average molecular weight is 451 g/mol. The first-order valence-electron chi connectivity index (χ1n) is 11.0. The number of amides is 2.